The number of aromatic nitrogens is 2. The maximum atomic E-state index is 12.3. The molecule has 1 aromatic carbocycles. The minimum absolute atomic E-state index is 0.161. The van der Waals surface area contributed by atoms with Gasteiger partial charge in [-0.1, -0.05) is 31.5 Å². The van der Waals surface area contributed by atoms with Crippen molar-refractivity contribution in [3.63, 3.8) is 0 Å². The number of amides is 1. The van der Waals surface area contributed by atoms with E-state index < -0.39 is 17.9 Å². The van der Waals surface area contributed by atoms with Crippen LogP contribution in [0.15, 0.2) is 30.3 Å². The van der Waals surface area contributed by atoms with Crippen LogP contribution in [0.5, 0.6) is 0 Å². The van der Waals surface area contributed by atoms with Crippen molar-refractivity contribution in [2.45, 2.75) is 26.8 Å². The summed E-state index contributed by atoms with van der Waals surface area (Å²) < 4.78 is 1.59. The predicted octanol–water partition coefficient (Wildman–Crippen LogP) is 2.67. The van der Waals surface area contributed by atoms with Crippen molar-refractivity contribution in [2.75, 3.05) is 0 Å². The van der Waals surface area contributed by atoms with Gasteiger partial charge in [0.15, 0.2) is 5.69 Å². The maximum absolute atomic E-state index is 12.3. The average Bonchev–Trinajstić information content (AvgIpc) is 2.86. The number of hydrogen-bond acceptors (Lipinski definition) is 3. The van der Waals surface area contributed by atoms with E-state index in [9.17, 15) is 9.59 Å². The van der Waals surface area contributed by atoms with E-state index in [0.717, 1.165) is 11.4 Å². The molecule has 0 spiro atoms. The van der Waals surface area contributed by atoms with E-state index in [-0.39, 0.29) is 11.6 Å². The predicted molar refractivity (Wildman–Crippen MR) is 87.0 cm³/mol. The van der Waals surface area contributed by atoms with Gasteiger partial charge in [-0.2, -0.15) is 5.10 Å². The van der Waals surface area contributed by atoms with Crippen molar-refractivity contribution >= 4 is 23.5 Å². The molecule has 0 bridgehead atoms. The molecule has 2 N–H and O–H groups in total. The third kappa shape index (κ3) is 3.90. The monoisotopic (exact) mass is 335 g/mol. The van der Waals surface area contributed by atoms with Gasteiger partial charge in [0, 0.05) is 10.7 Å². The summed E-state index contributed by atoms with van der Waals surface area (Å²) in [6, 6.07) is 7.74. The van der Waals surface area contributed by atoms with Crippen LogP contribution in [0.3, 0.4) is 0 Å². The SMILES string of the molecule is Cc1cc(C(=O)N[C@@H](C(=O)O)C(C)C)nn1-c1cccc(Cl)c1. The maximum Gasteiger partial charge on any atom is 0.326 e. The molecule has 2 rings (SSSR count). The summed E-state index contributed by atoms with van der Waals surface area (Å²) in [7, 11) is 0. The quantitative estimate of drug-likeness (QED) is 0.879. The fourth-order valence-electron chi connectivity index (χ4n) is 2.18. The molecule has 2 aromatic rings. The van der Waals surface area contributed by atoms with Gasteiger partial charge in [0.2, 0.25) is 0 Å². The normalized spacial score (nSPS) is 12.2. The van der Waals surface area contributed by atoms with E-state index in [0.29, 0.717) is 5.02 Å². The first kappa shape index (κ1) is 17.0. The lowest BCUT2D eigenvalue weighted by atomic mass is 10.0. The number of carboxylic acids is 1. The zero-order valence-corrected chi connectivity index (χ0v) is 13.8. The average molecular weight is 336 g/mol. The Morgan fingerprint density at radius 2 is 2.00 bits per heavy atom. The molecule has 1 amide bonds. The molecular weight excluding hydrogens is 318 g/mol. The number of benzene rings is 1. The van der Waals surface area contributed by atoms with Crippen LogP contribution in [0.1, 0.15) is 30.0 Å². The van der Waals surface area contributed by atoms with Crippen LogP contribution >= 0.6 is 11.6 Å². The Morgan fingerprint density at radius 1 is 1.30 bits per heavy atom. The minimum Gasteiger partial charge on any atom is -0.480 e. The molecular formula is C16H18ClN3O3. The number of aryl methyl sites for hydroxylation is 1. The summed E-state index contributed by atoms with van der Waals surface area (Å²) in [5, 5.41) is 16.5. The molecule has 0 aliphatic heterocycles. The topological polar surface area (TPSA) is 84.2 Å². The number of nitrogens with zero attached hydrogens (tertiary/aromatic N) is 2. The summed E-state index contributed by atoms with van der Waals surface area (Å²) in [5.41, 5.74) is 1.64. The van der Waals surface area contributed by atoms with Gasteiger partial charge in [0.05, 0.1) is 5.69 Å². The second-order valence-electron chi connectivity index (χ2n) is 5.60. The summed E-state index contributed by atoms with van der Waals surface area (Å²) in [6.07, 6.45) is 0. The molecule has 1 atom stereocenters. The van der Waals surface area contributed by atoms with Crippen molar-refractivity contribution in [3.8, 4) is 5.69 Å². The van der Waals surface area contributed by atoms with Crippen molar-refractivity contribution in [1.29, 1.82) is 0 Å². The molecule has 0 radical (unpaired) electrons. The van der Waals surface area contributed by atoms with Gasteiger partial charge >= 0.3 is 5.97 Å². The van der Waals surface area contributed by atoms with Crippen LogP contribution in [0.4, 0.5) is 0 Å². The minimum atomic E-state index is -1.07. The Balaban J connectivity index is 2.27. The van der Waals surface area contributed by atoms with Crippen molar-refractivity contribution < 1.29 is 14.7 Å². The second kappa shape index (κ2) is 6.83. The van der Waals surface area contributed by atoms with E-state index in [2.05, 4.69) is 10.4 Å². The number of carbonyl (C=O) groups excluding carboxylic acids is 1. The fraction of sp³-hybridized carbons (Fsp3) is 0.312. The molecule has 6 nitrogen and oxygen atoms in total. The van der Waals surface area contributed by atoms with Crippen molar-refractivity contribution in [1.82, 2.24) is 15.1 Å². The third-order valence-corrected chi connectivity index (χ3v) is 3.63. The molecule has 0 aliphatic carbocycles. The highest BCUT2D eigenvalue weighted by molar-refractivity contribution is 6.30. The van der Waals surface area contributed by atoms with Gasteiger partial charge in [0.1, 0.15) is 6.04 Å². The van der Waals surface area contributed by atoms with E-state index in [1.807, 2.05) is 13.0 Å². The Labute approximate surface area is 139 Å². The lowest BCUT2D eigenvalue weighted by Crippen LogP contribution is -2.44. The van der Waals surface area contributed by atoms with Crippen molar-refractivity contribution in [2.24, 2.45) is 5.92 Å². The molecule has 0 fully saturated rings. The molecule has 0 aliphatic rings. The van der Waals surface area contributed by atoms with Crippen LogP contribution in [0, 0.1) is 12.8 Å². The molecule has 0 saturated carbocycles. The van der Waals surface area contributed by atoms with Gasteiger partial charge in [-0.25, -0.2) is 9.48 Å². The smallest absolute Gasteiger partial charge is 0.326 e. The number of carbonyl (C=O) groups is 2. The zero-order valence-electron chi connectivity index (χ0n) is 13.1. The fourth-order valence-corrected chi connectivity index (χ4v) is 2.37. The molecule has 7 heteroatoms. The van der Waals surface area contributed by atoms with Gasteiger partial charge in [-0.15, -0.1) is 0 Å². The third-order valence-electron chi connectivity index (χ3n) is 3.39. The molecule has 0 unspecified atom stereocenters. The Bertz CT molecular complexity index is 740. The Hall–Kier alpha value is -2.34. The first-order chi connectivity index (χ1) is 10.8. The standard InChI is InChI=1S/C16H18ClN3O3/c1-9(2)14(16(22)23)18-15(21)13-7-10(3)20(19-13)12-6-4-5-11(17)8-12/h4-9,14H,1-3H3,(H,18,21)(H,22,23)/t14-/m1/s1. The van der Waals surface area contributed by atoms with Crippen LogP contribution in [0.2, 0.25) is 5.02 Å². The number of halogens is 1. The number of hydrogen-bond donors (Lipinski definition) is 2. The Kier molecular flexibility index (Phi) is 5.05. The highest BCUT2D eigenvalue weighted by atomic mass is 35.5. The summed E-state index contributed by atoms with van der Waals surface area (Å²) >= 11 is 5.97. The summed E-state index contributed by atoms with van der Waals surface area (Å²) in [4.78, 5) is 23.4. The van der Waals surface area contributed by atoms with E-state index >= 15 is 0 Å². The molecule has 1 aromatic heterocycles. The van der Waals surface area contributed by atoms with E-state index in [1.54, 1.807) is 42.8 Å². The van der Waals surface area contributed by atoms with Gasteiger partial charge in [-0.05, 0) is 37.1 Å². The van der Waals surface area contributed by atoms with Gasteiger partial charge in [0.25, 0.3) is 5.91 Å². The van der Waals surface area contributed by atoms with Crippen LogP contribution < -0.4 is 5.32 Å². The number of nitrogens with one attached hydrogen (secondary N) is 1. The summed E-state index contributed by atoms with van der Waals surface area (Å²) in [6.45, 7) is 5.27. The van der Waals surface area contributed by atoms with Crippen molar-refractivity contribution in [3.05, 3.63) is 46.7 Å². The lowest BCUT2D eigenvalue weighted by molar-refractivity contribution is -0.140. The van der Waals surface area contributed by atoms with E-state index in [4.69, 9.17) is 16.7 Å². The summed E-state index contributed by atoms with van der Waals surface area (Å²) in [5.74, 6) is -1.82. The Morgan fingerprint density at radius 3 is 2.57 bits per heavy atom. The van der Waals surface area contributed by atoms with Crippen LogP contribution in [-0.2, 0) is 4.79 Å². The number of carboxylic acid groups (broad SMARTS) is 1. The lowest BCUT2D eigenvalue weighted by Gasteiger charge is -2.16. The molecule has 0 saturated heterocycles. The first-order valence-corrected chi connectivity index (χ1v) is 7.53. The van der Waals surface area contributed by atoms with Crippen LogP contribution in [0.25, 0.3) is 5.69 Å². The van der Waals surface area contributed by atoms with Crippen LogP contribution in [-0.4, -0.2) is 32.8 Å². The van der Waals surface area contributed by atoms with Gasteiger partial charge < -0.3 is 10.4 Å². The second-order valence-corrected chi connectivity index (χ2v) is 6.03. The number of rotatable bonds is 5. The molecule has 122 valence electrons. The largest absolute Gasteiger partial charge is 0.480 e. The number of aliphatic carboxylic acids is 1. The highest BCUT2D eigenvalue weighted by Gasteiger charge is 2.25. The first-order valence-electron chi connectivity index (χ1n) is 7.16. The van der Waals surface area contributed by atoms with Gasteiger partial charge in [-0.3, -0.25) is 4.79 Å². The molecule has 1 heterocycles. The zero-order chi connectivity index (χ0) is 17.1. The highest BCUT2D eigenvalue weighted by Crippen LogP contribution is 2.17. The molecule has 23 heavy (non-hydrogen) atoms. The van der Waals surface area contributed by atoms with E-state index in [1.165, 1.54) is 0 Å².